The van der Waals surface area contributed by atoms with Gasteiger partial charge in [-0.05, 0) is 85.5 Å². The van der Waals surface area contributed by atoms with Crippen LogP contribution in [0.4, 0.5) is 5.69 Å². The van der Waals surface area contributed by atoms with Gasteiger partial charge in [-0.25, -0.2) is 16.8 Å². The van der Waals surface area contributed by atoms with Gasteiger partial charge in [0.05, 0.1) is 9.79 Å². The molecule has 0 atom stereocenters. The Bertz CT molecular complexity index is 1520. The van der Waals surface area contributed by atoms with E-state index < -0.39 is 20.0 Å². The zero-order chi connectivity index (χ0) is 28.0. The summed E-state index contributed by atoms with van der Waals surface area (Å²) in [6.45, 7) is 2.71. The maximum atomic E-state index is 12.8. The molecular weight excluding hydrogens is 562 g/mol. The Balaban J connectivity index is 1.28. The lowest BCUT2D eigenvalue weighted by atomic mass is 10.2. The lowest BCUT2D eigenvalue weighted by Gasteiger charge is -2.25. The van der Waals surface area contributed by atoms with Crippen LogP contribution in [0.2, 0.25) is 5.02 Å². The number of rotatable bonds is 10. The van der Waals surface area contributed by atoms with Gasteiger partial charge in [0.2, 0.25) is 10.0 Å². The molecule has 1 saturated heterocycles. The number of carbonyl (C=O) groups excluding carboxylic acids is 1. The highest BCUT2D eigenvalue weighted by Gasteiger charge is 2.25. The number of halogens is 1. The Labute approximate surface area is 234 Å². The molecule has 4 rings (SSSR count). The first-order chi connectivity index (χ1) is 18.5. The molecule has 0 unspecified atom stereocenters. The number of anilines is 1. The number of nitrogens with one attached hydrogen (secondary N) is 2. The molecule has 1 aliphatic heterocycles. The van der Waals surface area contributed by atoms with E-state index in [4.69, 9.17) is 16.3 Å². The van der Waals surface area contributed by atoms with Crippen LogP contribution in [-0.2, 0) is 31.4 Å². The van der Waals surface area contributed by atoms with E-state index in [1.54, 1.807) is 55.5 Å². The van der Waals surface area contributed by atoms with Crippen LogP contribution in [0.5, 0.6) is 5.75 Å². The van der Waals surface area contributed by atoms with Crippen LogP contribution < -0.4 is 14.8 Å². The van der Waals surface area contributed by atoms with Gasteiger partial charge >= 0.3 is 0 Å². The number of piperidine rings is 1. The van der Waals surface area contributed by atoms with Crippen LogP contribution >= 0.6 is 11.6 Å². The highest BCUT2D eigenvalue weighted by atomic mass is 35.5. The Morgan fingerprint density at radius 3 is 2.18 bits per heavy atom. The van der Waals surface area contributed by atoms with E-state index in [9.17, 15) is 21.6 Å². The third-order valence-corrected chi connectivity index (χ3v) is 9.82. The Morgan fingerprint density at radius 2 is 1.54 bits per heavy atom. The predicted molar refractivity (Wildman–Crippen MR) is 150 cm³/mol. The van der Waals surface area contributed by atoms with Crippen molar-refractivity contribution in [3.63, 3.8) is 0 Å². The second-order valence-electron chi connectivity index (χ2n) is 9.21. The normalized spacial score (nSPS) is 14.5. The predicted octanol–water partition coefficient (Wildman–Crippen LogP) is 4.32. The van der Waals surface area contributed by atoms with E-state index in [0.29, 0.717) is 35.1 Å². The standard InChI is InChI=1S/C27H30ClN3O6S2/c1-20-17-25(38(33,34)30-23-9-7-22(28)8-10-23)13-14-26(20)37-19-27(32)29-18-21-5-11-24(12-6-21)39(35,36)31-15-3-2-4-16-31/h5-14,17,30H,2-4,15-16,18-19H2,1H3,(H,29,32). The van der Waals surface area contributed by atoms with Crippen molar-refractivity contribution in [3.8, 4) is 5.75 Å². The maximum Gasteiger partial charge on any atom is 0.261 e. The van der Waals surface area contributed by atoms with E-state index in [-0.39, 0.29) is 28.8 Å². The van der Waals surface area contributed by atoms with Gasteiger partial charge in [0.1, 0.15) is 5.75 Å². The van der Waals surface area contributed by atoms with E-state index in [1.165, 1.54) is 22.5 Å². The number of sulfonamides is 2. The smallest absolute Gasteiger partial charge is 0.261 e. The van der Waals surface area contributed by atoms with Crippen LogP contribution in [0.25, 0.3) is 0 Å². The largest absolute Gasteiger partial charge is 0.484 e. The molecule has 39 heavy (non-hydrogen) atoms. The van der Waals surface area contributed by atoms with Crippen molar-refractivity contribution >= 4 is 43.2 Å². The third-order valence-electron chi connectivity index (χ3n) is 6.28. The van der Waals surface area contributed by atoms with Crippen molar-refractivity contribution in [1.82, 2.24) is 9.62 Å². The van der Waals surface area contributed by atoms with Gasteiger partial charge in [0.15, 0.2) is 6.61 Å². The monoisotopic (exact) mass is 591 g/mol. The van der Waals surface area contributed by atoms with Crippen LogP contribution in [-0.4, -0.2) is 46.7 Å². The highest BCUT2D eigenvalue weighted by Crippen LogP contribution is 2.24. The molecule has 1 aliphatic rings. The molecule has 1 amide bonds. The highest BCUT2D eigenvalue weighted by molar-refractivity contribution is 7.92. The fraction of sp³-hybridized carbons (Fsp3) is 0.296. The minimum absolute atomic E-state index is 0.0532. The molecule has 2 N–H and O–H groups in total. The van der Waals surface area contributed by atoms with Crippen LogP contribution in [0.1, 0.15) is 30.4 Å². The van der Waals surface area contributed by atoms with Gasteiger partial charge in [0, 0.05) is 30.3 Å². The molecule has 0 saturated carbocycles. The average Bonchev–Trinajstić information content (AvgIpc) is 2.93. The van der Waals surface area contributed by atoms with E-state index in [0.717, 1.165) is 24.8 Å². The first-order valence-corrected chi connectivity index (χ1v) is 15.7. The number of amides is 1. The SMILES string of the molecule is Cc1cc(S(=O)(=O)Nc2ccc(Cl)cc2)ccc1OCC(=O)NCc1ccc(S(=O)(=O)N2CCCCC2)cc1. The van der Waals surface area contributed by atoms with E-state index in [1.807, 2.05) is 0 Å². The van der Waals surface area contributed by atoms with E-state index >= 15 is 0 Å². The average molecular weight is 592 g/mol. The summed E-state index contributed by atoms with van der Waals surface area (Å²) < 4.78 is 60.6. The summed E-state index contributed by atoms with van der Waals surface area (Å²) in [4.78, 5) is 12.6. The molecule has 1 heterocycles. The summed E-state index contributed by atoms with van der Waals surface area (Å²) in [5, 5.41) is 3.23. The molecule has 12 heteroatoms. The molecule has 0 spiro atoms. The summed E-state index contributed by atoms with van der Waals surface area (Å²) >= 11 is 5.84. The van der Waals surface area contributed by atoms with Crippen molar-refractivity contribution in [1.29, 1.82) is 0 Å². The van der Waals surface area contributed by atoms with Crippen molar-refractivity contribution in [2.24, 2.45) is 0 Å². The number of benzene rings is 3. The number of nitrogens with zero attached hydrogens (tertiary/aromatic N) is 1. The minimum atomic E-state index is -3.82. The molecule has 208 valence electrons. The molecule has 3 aromatic rings. The lowest BCUT2D eigenvalue weighted by Crippen LogP contribution is -2.35. The maximum absolute atomic E-state index is 12.8. The van der Waals surface area contributed by atoms with Gasteiger partial charge < -0.3 is 10.1 Å². The van der Waals surface area contributed by atoms with Gasteiger partial charge in [0.25, 0.3) is 15.9 Å². The molecular formula is C27H30ClN3O6S2. The molecule has 9 nitrogen and oxygen atoms in total. The van der Waals surface area contributed by atoms with E-state index in [2.05, 4.69) is 10.0 Å². The van der Waals surface area contributed by atoms with Crippen molar-refractivity contribution in [3.05, 3.63) is 82.9 Å². The number of hydrogen-bond donors (Lipinski definition) is 2. The first-order valence-electron chi connectivity index (χ1n) is 12.4. The van der Waals surface area contributed by atoms with Crippen LogP contribution in [0.15, 0.2) is 76.5 Å². The molecule has 3 aromatic carbocycles. The summed E-state index contributed by atoms with van der Waals surface area (Å²) in [6, 6.07) is 17.1. The summed E-state index contributed by atoms with van der Waals surface area (Å²) in [5.41, 5.74) is 1.68. The van der Waals surface area contributed by atoms with Crippen LogP contribution in [0, 0.1) is 6.92 Å². The zero-order valence-electron chi connectivity index (χ0n) is 21.4. The van der Waals surface area contributed by atoms with Gasteiger partial charge in [-0.15, -0.1) is 0 Å². The number of aryl methyl sites for hydroxylation is 1. The van der Waals surface area contributed by atoms with Crippen molar-refractivity contribution < 1.29 is 26.4 Å². The Kier molecular flexibility index (Phi) is 9.16. The molecule has 1 fully saturated rings. The van der Waals surface area contributed by atoms with Crippen molar-refractivity contribution in [2.75, 3.05) is 24.4 Å². The number of carbonyl (C=O) groups is 1. The lowest BCUT2D eigenvalue weighted by molar-refractivity contribution is -0.123. The van der Waals surface area contributed by atoms with Gasteiger partial charge in [-0.3, -0.25) is 9.52 Å². The fourth-order valence-electron chi connectivity index (χ4n) is 4.11. The second-order valence-corrected chi connectivity index (χ2v) is 13.3. The molecule has 0 aliphatic carbocycles. The van der Waals surface area contributed by atoms with Crippen molar-refractivity contribution in [2.45, 2.75) is 42.5 Å². The molecule has 0 bridgehead atoms. The summed E-state index contributed by atoms with van der Waals surface area (Å²) in [5.74, 6) is 0.00313. The zero-order valence-corrected chi connectivity index (χ0v) is 23.8. The Hall–Kier alpha value is -3.12. The molecule has 0 radical (unpaired) electrons. The first kappa shape index (κ1) is 28.9. The second kappa shape index (κ2) is 12.4. The van der Waals surface area contributed by atoms with Crippen LogP contribution in [0.3, 0.4) is 0 Å². The Morgan fingerprint density at radius 1 is 0.897 bits per heavy atom. The third kappa shape index (κ3) is 7.51. The fourth-order valence-corrected chi connectivity index (χ4v) is 6.90. The number of hydrogen-bond acceptors (Lipinski definition) is 6. The number of ether oxygens (including phenoxy) is 1. The van der Waals surface area contributed by atoms with Gasteiger partial charge in [-0.1, -0.05) is 30.2 Å². The minimum Gasteiger partial charge on any atom is -0.484 e. The van der Waals surface area contributed by atoms with Gasteiger partial charge in [-0.2, -0.15) is 4.31 Å². The summed E-state index contributed by atoms with van der Waals surface area (Å²) in [6.07, 6.45) is 2.79. The quantitative estimate of drug-likeness (QED) is 0.362. The topological polar surface area (TPSA) is 122 Å². The molecule has 0 aromatic heterocycles. The summed E-state index contributed by atoms with van der Waals surface area (Å²) in [7, 11) is -7.33.